The number of hydrogen-bond donors (Lipinski definition) is 1. The molecule has 0 aliphatic carbocycles. The van der Waals surface area contributed by atoms with Gasteiger partial charge in [-0.3, -0.25) is 4.68 Å². The van der Waals surface area contributed by atoms with E-state index in [1.54, 1.807) is 13.0 Å². The van der Waals surface area contributed by atoms with Crippen molar-refractivity contribution in [1.82, 2.24) is 9.78 Å². The molecule has 21 heavy (non-hydrogen) atoms. The molecule has 1 heterocycles. The van der Waals surface area contributed by atoms with Gasteiger partial charge in [-0.2, -0.15) is 5.10 Å². The Balaban J connectivity index is 2.09. The quantitative estimate of drug-likeness (QED) is 0.915. The zero-order chi connectivity index (χ0) is 15.6. The maximum Gasteiger partial charge on any atom is 0.238 e. The summed E-state index contributed by atoms with van der Waals surface area (Å²) < 4.78 is 30.1. The van der Waals surface area contributed by atoms with Crippen LogP contribution >= 0.6 is 0 Å². The number of aryl methyl sites for hydroxylation is 1. The molecule has 0 radical (unpaired) electrons. The summed E-state index contributed by atoms with van der Waals surface area (Å²) in [6.07, 6.45) is 1.90. The molecule has 2 rings (SSSR count). The number of nitrogens with zero attached hydrogens (tertiary/aromatic N) is 2. The summed E-state index contributed by atoms with van der Waals surface area (Å²) in [7, 11) is -3.69. The van der Waals surface area contributed by atoms with Crippen LogP contribution in [0, 0.1) is 6.92 Å². The van der Waals surface area contributed by atoms with E-state index in [0.29, 0.717) is 24.0 Å². The maximum absolute atomic E-state index is 11.3. The Hall–Kier alpha value is -1.86. The Morgan fingerprint density at radius 1 is 1.33 bits per heavy atom. The lowest BCUT2D eigenvalue weighted by Crippen LogP contribution is -2.12. The summed E-state index contributed by atoms with van der Waals surface area (Å²) in [5.74, 6) is 0.612. The molecule has 0 aliphatic rings. The predicted octanol–water partition coefficient (Wildman–Crippen LogP) is 2.00. The van der Waals surface area contributed by atoms with E-state index < -0.39 is 10.0 Å². The van der Waals surface area contributed by atoms with Crippen molar-refractivity contribution in [3.63, 3.8) is 0 Å². The summed E-state index contributed by atoms with van der Waals surface area (Å²) in [5.41, 5.74) is 1.53. The standard InChI is InChI=1S/C14H19N3O3S/c1-10(2)17-7-6-12(16-17)9-20-14-5-4-13(8-11(14)3)21(15,18)19/h4-8,10H,9H2,1-3H3,(H2,15,18,19). The molecule has 0 atom stereocenters. The van der Waals surface area contributed by atoms with Gasteiger partial charge in [0.2, 0.25) is 10.0 Å². The second kappa shape index (κ2) is 5.87. The largest absolute Gasteiger partial charge is 0.487 e. The van der Waals surface area contributed by atoms with E-state index in [-0.39, 0.29) is 4.90 Å². The van der Waals surface area contributed by atoms with Crippen molar-refractivity contribution < 1.29 is 13.2 Å². The van der Waals surface area contributed by atoms with Crippen LogP contribution in [0.1, 0.15) is 31.1 Å². The molecule has 6 nitrogen and oxygen atoms in total. The van der Waals surface area contributed by atoms with Gasteiger partial charge in [-0.15, -0.1) is 0 Å². The first kappa shape index (κ1) is 15.5. The van der Waals surface area contributed by atoms with E-state index in [1.165, 1.54) is 12.1 Å². The highest BCUT2D eigenvalue weighted by Gasteiger charge is 2.10. The molecular formula is C14H19N3O3S. The fourth-order valence-corrected chi connectivity index (χ4v) is 2.45. The van der Waals surface area contributed by atoms with Crippen molar-refractivity contribution in [2.45, 2.75) is 38.3 Å². The van der Waals surface area contributed by atoms with Gasteiger partial charge >= 0.3 is 0 Å². The second-order valence-corrected chi connectivity index (χ2v) is 6.70. The lowest BCUT2D eigenvalue weighted by Gasteiger charge is -2.09. The van der Waals surface area contributed by atoms with Gasteiger partial charge < -0.3 is 4.74 Å². The zero-order valence-electron chi connectivity index (χ0n) is 12.3. The molecule has 2 aromatic rings. The number of ether oxygens (including phenoxy) is 1. The molecule has 0 unspecified atom stereocenters. The summed E-state index contributed by atoms with van der Waals surface area (Å²) >= 11 is 0. The minimum atomic E-state index is -3.69. The third-order valence-corrected chi connectivity index (χ3v) is 3.95. The first-order chi connectivity index (χ1) is 9.77. The molecular weight excluding hydrogens is 290 g/mol. The highest BCUT2D eigenvalue weighted by atomic mass is 32.2. The van der Waals surface area contributed by atoms with Gasteiger partial charge in [-0.1, -0.05) is 0 Å². The molecule has 114 valence electrons. The molecule has 1 aromatic carbocycles. The van der Waals surface area contributed by atoms with Crippen LogP contribution in [0.4, 0.5) is 0 Å². The van der Waals surface area contributed by atoms with Crippen LogP contribution in [-0.4, -0.2) is 18.2 Å². The van der Waals surface area contributed by atoms with Crippen molar-refractivity contribution >= 4 is 10.0 Å². The van der Waals surface area contributed by atoms with Gasteiger partial charge in [0.05, 0.1) is 10.6 Å². The van der Waals surface area contributed by atoms with E-state index in [1.807, 2.05) is 30.8 Å². The number of nitrogens with two attached hydrogens (primary N) is 1. The molecule has 1 aromatic heterocycles. The smallest absolute Gasteiger partial charge is 0.238 e. The van der Waals surface area contributed by atoms with Crippen LogP contribution in [0.5, 0.6) is 5.75 Å². The SMILES string of the molecule is Cc1cc(S(N)(=O)=O)ccc1OCc1ccn(C(C)C)n1. The molecule has 2 N–H and O–H groups in total. The fraction of sp³-hybridized carbons (Fsp3) is 0.357. The second-order valence-electron chi connectivity index (χ2n) is 5.14. The first-order valence-electron chi connectivity index (χ1n) is 6.57. The zero-order valence-corrected chi connectivity index (χ0v) is 13.1. The van der Waals surface area contributed by atoms with Crippen LogP contribution < -0.4 is 9.88 Å². The summed E-state index contributed by atoms with van der Waals surface area (Å²) in [4.78, 5) is 0.0800. The Kier molecular flexibility index (Phi) is 4.34. The molecule has 0 spiro atoms. The van der Waals surface area contributed by atoms with Crippen LogP contribution in [0.15, 0.2) is 35.4 Å². The third-order valence-electron chi connectivity index (χ3n) is 3.04. The summed E-state index contributed by atoms with van der Waals surface area (Å²) in [5, 5.41) is 9.48. The molecule has 0 fully saturated rings. The first-order valence-corrected chi connectivity index (χ1v) is 8.12. The minimum absolute atomic E-state index is 0.0800. The average Bonchev–Trinajstić information content (AvgIpc) is 2.85. The van der Waals surface area contributed by atoms with Gasteiger partial charge in [0, 0.05) is 12.2 Å². The number of hydrogen-bond acceptors (Lipinski definition) is 4. The van der Waals surface area contributed by atoms with Crippen molar-refractivity contribution in [1.29, 1.82) is 0 Å². The van der Waals surface area contributed by atoms with Gasteiger partial charge in [-0.25, -0.2) is 13.6 Å². The molecule has 7 heteroatoms. The van der Waals surface area contributed by atoms with Crippen molar-refractivity contribution in [2.24, 2.45) is 5.14 Å². The molecule has 0 saturated carbocycles. The number of rotatable bonds is 5. The predicted molar refractivity (Wildman–Crippen MR) is 79.5 cm³/mol. The maximum atomic E-state index is 11.3. The van der Waals surface area contributed by atoms with Gasteiger partial charge in [0.15, 0.2) is 0 Å². The van der Waals surface area contributed by atoms with E-state index in [4.69, 9.17) is 9.88 Å². The van der Waals surface area contributed by atoms with Crippen molar-refractivity contribution in [2.75, 3.05) is 0 Å². The molecule has 0 bridgehead atoms. The van der Waals surface area contributed by atoms with E-state index in [9.17, 15) is 8.42 Å². The van der Waals surface area contributed by atoms with Crippen LogP contribution in [0.3, 0.4) is 0 Å². The van der Waals surface area contributed by atoms with Crippen LogP contribution in [0.25, 0.3) is 0 Å². The van der Waals surface area contributed by atoms with Gasteiger partial charge in [-0.05, 0) is 50.6 Å². The number of aromatic nitrogens is 2. The Morgan fingerprint density at radius 2 is 2.05 bits per heavy atom. The Morgan fingerprint density at radius 3 is 2.57 bits per heavy atom. The summed E-state index contributed by atoms with van der Waals surface area (Å²) in [6, 6.07) is 6.74. The van der Waals surface area contributed by atoms with Crippen molar-refractivity contribution in [3.8, 4) is 5.75 Å². The number of primary sulfonamides is 1. The topological polar surface area (TPSA) is 87.2 Å². The van der Waals surface area contributed by atoms with Crippen molar-refractivity contribution in [3.05, 3.63) is 41.7 Å². The Labute approximate surface area is 124 Å². The number of sulfonamides is 1. The molecule has 0 saturated heterocycles. The van der Waals surface area contributed by atoms with Crippen LogP contribution in [0.2, 0.25) is 0 Å². The number of benzene rings is 1. The Bertz CT molecular complexity index is 736. The average molecular weight is 309 g/mol. The van der Waals surface area contributed by atoms with Gasteiger partial charge in [0.1, 0.15) is 12.4 Å². The molecule has 0 aliphatic heterocycles. The van der Waals surface area contributed by atoms with E-state index in [2.05, 4.69) is 5.10 Å². The van der Waals surface area contributed by atoms with Gasteiger partial charge in [0.25, 0.3) is 0 Å². The summed E-state index contributed by atoms with van der Waals surface area (Å²) in [6.45, 7) is 6.20. The fourth-order valence-electron chi connectivity index (χ4n) is 1.85. The van der Waals surface area contributed by atoms with Crippen LogP contribution in [-0.2, 0) is 16.6 Å². The molecule has 0 amide bonds. The third kappa shape index (κ3) is 3.83. The van der Waals surface area contributed by atoms with E-state index >= 15 is 0 Å². The highest BCUT2D eigenvalue weighted by Crippen LogP contribution is 2.22. The monoisotopic (exact) mass is 309 g/mol. The lowest BCUT2D eigenvalue weighted by molar-refractivity contribution is 0.296. The lowest BCUT2D eigenvalue weighted by atomic mass is 10.2. The van der Waals surface area contributed by atoms with E-state index in [0.717, 1.165) is 5.69 Å². The minimum Gasteiger partial charge on any atom is -0.487 e. The highest BCUT2D eigenvalue weighted by molar-refractivity contribution is 7.89. The normalized spacial score (nSPS) is 11.9.